The van der Waals surface area contributed by atoms with Crippen LogP contribution in [0, 0.1) is 5.92 Å². The van der Waals surface area contributed by atoms with Crippen molar-refractivity contribution in [3.63, 3.8) is 0 Å². The first kappa shape index (κ1) is 16.5. The molecule has 0 aromatic heterocycles. The Balaban J connectivity index is 2.23. The lowest BCUT2D eigenvalue weighted by Gasteiger charge is -2.31. The van der Waals surface area contributed by atoms with Crippen molar-refractivity contribution in [3.05, 3.63) is 46.0 Å². The van der Waals surface area contributed by atoms with E-state index >= 15 is 0 Å². The molecule has 1 aromatic carbocycles. The molecule has 1 unspecified atom stereocenters. The highest BCUT2D eigenvalue weighted by Gasteiger charge is 2.22. The van der Waals surface area contributed by atoms with Crippen molar-refractivity contribution in [1.82, 2.24) is 4.90 Å². The smallest absolute Gasteiger partial charge is 0.0526 e. The van der Waals surface area contributed by atoms with Crippen molar-refractivity contribution < 1.29 is 0 Å². The van der Waals surface area contributed by atoms with Crippen LogP contribution in [0.15, 0.2) is 35.4 Å². The summed E-state index contributed by atoms with van der Waals surface area (Å²) in [5.74, 6) is 0.741. The van der Waals surface area contributed by atoms with Crippen LogP contribution >= 0.6 is 11.6 Å². The van der Waals surface area contributed by atoms with Crippen LogP contribution < -0.4 is 5.73 Å². The van der Waals surface area contributed by atoms with Gasteiger partial charge in [0.1, 0.15) is 0 Å². The minimum atomic E-state index is -0.00724. The van der Waals surface area contributed by atoms with Gasteiger partial charge in [-0.3, -0.25) is 0 Å². The molecule has 0 saturated heterocycles. The molecule has 1 atom stereocenters. The van der Waals surface area contributed by atoms with Crippen LogP contribution in [-0.2, 0) is 0 Å². The Morgan fingerprint density at radius 2 is 1.90 bits per heavy atom. The fourth-order valence-corrected chi connectivity index (χ4v) is 3.03. The second kappa shape index (κ2) is 7.44. The van der Waals surface area contributed by atoms with Crippen LogP contribution in [0.25, 0.3) is 0 Å². The summed E-state index contributed by atoms with van der Waals surface area (Å²) in [5, 5.41) is 0.765. The first-order valence-electron chi connectivity index (χ1n) is 7.87. The fourth-order valence-electron chi connectivity index (χ4n) is 2.91. The molecule has 21 heavy (non-hydrogen) atoms. The molecule has 1 aliphatic rings. The van der Waals surface area contributed by atoms with E-state index in [0.29, 0.717) is 0 Å². The number of benzene rings is 1. The van der Waals surface area contributed by atoms with Gasteiger partial charge in [0.2, 0.25) is 0 Å². The van der Waals surface area contributed by atoms with E-state index in [2.05, 4.69) is 37.9 Å². The lowest BCUT2D eigenvalue weighted by Crippen LogP contribution is -2.32. The molecule has 0 amide bonds. The summed E-state index contributed by atoms with van der Waals surface area (Å²) >= 11 is 5.98. The SMILES string of the molecule is CC(C)CCC1=C(C(N)c2ccc(Cl)cc2)CN(C)CC1. The maximum absolute atomic E-state index is 6.55. The second-order valence-electron chi connectivity index (χ2n) is 6.58. The van der Waals surface area contributed by atoms with E-state index in [-0.39, 0.29) is 6.04 Å². The van der Waals surface area contributed by atoms with E-state index in [0.717, 1.165) is 36.0 Å². The van der Waals surface area contributed by atoms with Gasteiger partial charge in [0.25, 0.3) is 0 Å². The van der Waals surface area contributed by atoms with Gasteiger partial charge >= 0.3 is 0 Å². The Hall–Kier alpha value is -0.830. The van der Waals surface area contributed by atoms with Gasteiger partial charge in [-0.2, -0.15) is 0 Å². The van der Waals surface area contributed by atoms with E-state index in [4.69, 9.17) is 17.3 Å². The molecular weight excluding hydrogens is 280 g/mol. The quantitative estimate of drug-likeness (QED) is 0.817. The molecule has 0 saturated carbocycles. The molecule has 0 radical (unpaired) electrons. The zero-order valence-electron chi connectivity index (χ0n) is 13.4. The number of hydrogen-bond donors (Lipinski definition) is 1. The van der Waals surface area contributed by atoms with Crippen molar-refractivity contribution in [1.29, 1.82) is 0 Å². The molecule has 2 N–H and O–H groups in total. The standard InChI is InChI=1S/C18H27ClN2/c1-13(2)4-5-14-10-11-21(3)12-17(14)18(20)15-6-8-16(19)9-7-15/h6-9,13,18H,4-5,10-12,20H2,1-3H3. The Labute approximate surface area is 134 Å². The summed E-state index contributed by atoms with van der Waals surface area (Å²) in [4.78, 5) is 2.37. The fraction of sp³-hybridized carbons (Fsp3) is 0.556. The van der Waals surface area contributed by atoms with E-state index in [9.17, 15) is 0 Å². The summed E-state index contributed by atoms with van der Waals surface area (Å²) in [7, 11) is 2.17. The predicted molar refractivity (Wildman–Crippen MR) is 91.6 cm³/mol. The molecule has 0 fully saturated rings. The Morgan fingerprint density at radius 1 is 1.24 bits per heavy atom. The highest BCUT2D eigenvalue weighted by molar-refractivity contribution is 6.30. The summed E-state index contributed by atoms with van der Waals surface area (Å²) in [6.07, 6.45) is 3.58. The Kier molecular flexibility index (Phi) is 5.86. The molecule has 0 spiro atoms. The Bertz CT molecular complexity index is 490. The van der Waals surface area contributed by atoms with Crippen molar-refractivity contribution in [2.24, 2.45) is 11.7 Å². The number of nitrogens with zero attached hydrogens (tertiary/aromatic N) is 1. The third-order valence-electron chi connectivity index (χ3n) is 4.32. The number of rotatable bonds is 5. The van der Waals surface area contributed by atoms with E-state index in [1.165, 1.54) is 18.4 Å². The number of hydrogen-bond acceptors (Lipinski definition) is 2. The highest BCUT2D eigenvalue weighted by Crippen LogP contribution is 2.31. The van der Waals surface area contributed by atoms with Crippen LogP contribution in [0.5, 0.6) is 0 Å². The van der Waals surface area contributed by atoms with E-state index in [1.54, 1.807) is 5.57 Å². The molecule has 2 nitrogen and oxygen atoms in total. The molecular formula is C18H27ClN2. The lowest BCUT2D eigenvalue weighted by molar-refractivity contribution is 0.333. The second-order valence-corrected chi connectivity index (χ2v) is 7.01. The van der Waals surface area contributed by atoms with Crippen LogP contribution in [0.4, 0.5) is 0 Å². The number of likely N-dealkylation sites (N-methyl/N-ethyl adjacent to an activating group) is 1. The van der Waals surface area contributed by atoms with Gasteiger partial charge in [0.05, 0.1) is 6.04 Å². The first-order valence-corrected chi connectivity index (χ1v) is 8.25. The molecule has 1 heterocycles. The zero-order chi connectivity index (χ0) is 15.4. The van der Waals surface area contributed by atoms with E-state index in [1.807, 2.05) is 12.1 Å². The minimum Gasteiger partial charge on any atom is -0.320 e. The van der Waals surface area contributed by atoms with Crippen LogP contribution in [0.2, 0.25) is 5.02 Å². The maximum Gasteiger partial charge on any atom is 0.0526 e. The third kappa shape index (κ3) is 4.57. The van der Waals surface area contributed by atoms with Gasteiger partial charge in [-0.1, -0.05) is 43.2 Å². The van der Waals surface area contributed by atoms with Crippen LogP contribution in [0.1, 0.15) is 44.7 Å². The lowest BCUT2D eigenvalue weighted by atomic mass is 9.87. The maximum atomic E-state index is 6.55. The topological polar surface area (TPSA) is 29.3 Å². The molecule has 2 rings (SSSR count). The van der Waals surface area contributed by atoms with Gasteiger partial charge < -0.3 is 10.6 Å². The summed E-state index contributed by atoms with van der Waals surface area (Å²) in [6, 6.07) is 7.95. The monoisotopic (exact) mass is 306 g/mol. The average molecular weight is 307 g/mol. The molecule has 3 heteroatoms. The van der Waals surface area contributed by atoms with Gasteiger partial charge in [-0.15, -0.1) is 0 Å². The number of nitrogens with two attached hydrogens (primary N) is 1. The normalized spacial score (nSPS) is 18.4. The minimum absolute atomic E-state index is 0.00724. The average Bonchev–Trinajstić information content (AvgIpc) is 2.46. The van der Waals surface area contributed by atoms with Crippen molar-refractivity contribution in [2.45, 2.75) is 39.2 Å². The molecule has 0 bridgehead atoms. The first-order chi connectivity index (χ1) is 9.97. The number of halogens is 1. The molecule has 1 aliphatic heterocycles. The van der Waals surface area contributed by atoms with Gasteiger partial charge in [0, 0.05) is 18.1 Å². The highest BCUT2D eigenvalue weighted by atomic mass is 35.5. The largest absolute Gasteiger partial charge is 0.320 e. The van der Waals surface area contributed by atoms with Crippen LogP contribution in [0.3, 0.4) is 0 Å². The summed E-state index contributed by atoms with van der Waals surface area (Å²) < 4.78 is 0. The van der Waals surface area contributed by atoms with Gasteiger partial charge in [0.15, 0.2) is 0 Å². The molecule has 1 aromatic rings. The van der Waals surface area contributed by atoms with Crippen molar-refractivity contribution in [2.75, 3.05) is 20.1 Å². The van der Waals surface area contributed by atoms with Gasteiger partial charge in [-0.05, 0) is 55.5 Å². The molecule has 0 aliphatic carbocycles. The van der Waals surface area contributed by atoms with Crippen molar-refractivity contribution >= 4 is 11.6 Å². The molecule has 116 valence electrons. The van der Waals surface area contributed by atoms with Crippen molar-refractivity contribution in [3.8, 4) is 0 Å². The van der Waals surface area contributed by atoms with Crippen LogP contribution in [-0.4, -0.2) is 25.0 Å². The predicted octanol–water partition coefficient (Wildman–Crippen LogP) is 4.41. The van der Waals surface area contributed by atoms with E-state index < -0.39 is 0 Å². The third-order valence-corrected chi connectivity index (χ3v) is 4.57. The summed E-state index contributed by atoms with van der Waals surface area (Å²) in [5.41, 5.74) is 10.7. The zero-order valence-corrected chi connectivity index (χ0v) is 14.2. The summed E-state index contributed by atoms with van der Waals surface area (Å²) in [6.45, 7) is 6.70. The van der Waals surface area contributed by atoms with Gasteiger partial charge in [-0.25, -0.2) is 0 Å². The Morgan fingerprint density at radius 3 is 2.52 bits per heavy atom.